The minimum atomic E-state index is -0.494. The maximum Gasteiger partial charge on any atom is 0.119 e. The zero-order valence-corrected chi connectivity index (χ0v) is 14.5. The Bertz CT molecular complexity index is 639. The Morgan fingerprint density at radius 2 is 1.83 bits per heavy atom. The Morgan fingerprint density at radius 3 is 2.57 bits per heavy atom. The number of aryl methyl sites for hydroxylation is 2. The van der Waals surface area contributed by atoms with Crippen LogP contribution in [0, 0.1) is 13.8 Å². The number of halogens is 1. The van der Waals surface area contributed by atoms with Crippen LogP contribution in [0.5, 0.6) is 5.75 Å². The molecule has 1 unspecified atom stereocenters. The molecule has 1 atom stereocenters. The number of para-hydroxylation sites is 1. The van der Waals surface area contributed by atoms with Gasteiger partial charge in [-0.05, 0) is 55.2 Å². The molecule has 1 N–H and O–H groups in total. The van der Waals surface area contributed by atoms with E-state index in [2.05, 4.69) is 49.1 Å². The van der Waals surface area contributed by atoms with Gasteiger partial charge in [0.25, 0.3) is 0 Å². The standard InChI is InChI=1S/C19H23NO2.ClH/c1-14-9-15(2)11-18(10-14)22-13-17(21)12-20-8-7-16-5-3-4-6-19(16)20;/h3-6,9-11,17,21H,7-8,12-13H2,1-2H3;1H. The molecule has 0 saturated heterocycles. The lowest BCUT2D eigenvalue weighted by molar-refractivity contribution is 0.112. The van der Waals surface area contributed by atoms with Crippen LogP contribution in [-0.2, 0) is 6.42 Å². The summed E-state index contributed by atoms with van der Waals surface area (Å²) in [5.74, 6) is 0.832. The highest BCUT2D eigenvalue weighted by Crippen LogP contribution is 2.27. The van der Waals surface area contributed by atoms with E-state index in [0.29, 0.717) is 13.2 Å². The Kier molecular flexibility index (Phi) is 5.91. The van der Waals surface area contributed by atoms with Crippen LogP contribution in [0.4, 0.5) is 5.69 Å². The first kappa shape index (κ1) is 17.6. The summed E-state index contributed by atoms with van der Waals surface area (Å²) < 4.78 is 5.75. The van der Waals surface area contributed by atoms with Crippen LogP contribution in [0.1, 0.15) is 16.7 Å². The molecule has 0 radical (unpaired) electrons. The summed E-state index contributed by atoms with van der Waals surface area (Å²) in [7, 11) is 0. The van der Waals surface area contributed by atoms with Crippen molar-refractivity contribution in [2.45, 2.75) is 26.4 Å². The number of β-amino-alcohol motifs (C(OH)–C–C–N with tert-alkyl or cyclic N) is 1. The number of anilines is 1. The van der Waals surface area contributed by atoms with Crippen LogP contribution in [0.15, 0.2) is 42.5 Å². The molecule has 0 bridgehead atoms. The van der Waals surface area contributed by atoms with Crippen molar-refractivity contribution in [1.29, 1.82) is 0 Å². The summed E-state index contributed by atoms with van der Waals surface area (Å²) in [5.41, 5.74) is 4.97. The Balaban J connectivity index is 0.00000192. The quantitative estimate of drug-likeness (QED) is 0.908. The molecular formula is C19H24ClNO2. The van der Waals surface area contributed by atoms with E-state index in [9.17, 15) is 5.11 Å². The van der Waals surface area contributed by atoms with Crippen molar-refractivity contribution in [2.24, 2.45) is 0 Å². The molecule has 0 amide bonds. The number of rotatable bonds is 5. The first-order valence-electron chi connectivity index (χ1n) is 7.84. The average Bonchev–Trinajstić information content (AvgIpc) is 2.88. The van der Waals surface area contributed by atoms with Crippen LogP contribution in [0.25, 0.3) is 0 Å². The van der Waals surface area contributed by atoms with Gasteiger partial charge in [-0.3, -0.25) is 0 Å². The molecule has 0 aromatic heterocycles. The predicted octanol–water partition coefficient (Wildman–Crippen LogP) is 3.53. The van der Waals surface area contributed by atoms with Crippen molar-refractivity contribution in [3.05, 3.63) is 59.2 Å². The molecule has 0 fully saturated rings. The number of aliphatic hydroxyl groups is 1. The number of ether oxygens (including phenoxy) is 1. The van der Waals surface area contributed by atoms with Gasteiger partial charge in [-0.25, -0.2) is 0 Å². The van der Waals surface area contributed by atoms with Gasteiger partial charge in [-0.1, -0.05) is 24.3 Å². The first-order valence-corrected chi connectivity index (χ1v) is 7.84. The largest absolute Gasteiger partial charge is 0.491 e. The third-order valence-corrected chi connectivity index (χ3v) is 4.05. The zero-order chi connectivity index (χ0) is 15.5. The summed E-state index contributed by atoms with van der Waals surface area (Å²) in [6.07, 6.45) is 0.563. The van der Waals surface area contributed by atoms with Crippen LogP contribution in [-0.4, -0.2) is 30.9 Å². The fourth-order valence-electron chi connectivity index (χ4n) is 3.11. The van der Waals surface area contributed by atoms with E-state index in [1.165, 1.54) is 22.4 Å². The predicted molar refractivity (Wildman–Crippen MR) is 97.0 cm³/mol. The fourth-order valence-corrected chi connectivity index (χ4v) is 3.11. The molecule has 3 rings (SSSR count). The van der Waals surface area contributed by atoms with Gasteiger partial charge in [0.1, 0.15) is 18.5 Å². The van der Waals surface area contributed by atoms with Gasteiger partial charge >= 0.3 is 0 Å². The Labute approximate surface area is 144 Å². The van der Waals surface area contributed by atoms with Gasteiger partial charge in [0.05, 0.1) is 0 Å². The number of hydrogen-bond donors (Lipinski definition) is 1. The van der Waals surface area contributed by atoms with Crippen molar-refractivity contribution in [2.75, 3.05) is 24.6 Å². The Hall–Kier alpha value is -1.71. The molecule has 3 nitrogen and oxygen atoms in total. The van der Waals surface area contributed by atoms with Gasteiger partial charge in [0.15, 0.2) is 0 Å². The van der Waals surface area contributed by atoms with Crippen LogP contribution >= 0.6 is 12.4 Å². The summed E-state index contributed by atoms with van der Waals surface area (Å²) in [6.45, 7) is 6.01. The lowest BCUT2D eigenvalue weighted by Gasteiger charge is -2.23. The Morgan fingerprint density at radius 1 is 1.13 bits per heavy atom. The van der Waals surface area contributed by atoms with Gasteiger partial charge in [-0.2, -0.15) is 0 Å². The topological polar surface area (TPSA) is 32.7 Å². The molecule has 0 spiro atoms. The van der Waals surface area contributed by atoms with Crippen molar-refractivity contribution in [1.82, 2.24) is 0 Å². The van der Waals surface area contributed by atoms with Crippen molar-refractivity contribution in [3.63, 3.8) is 0 Å². The van der Waals surface area contributed by atoms with E-state index in [-0.39, 0.29) is 12.4 Å². The molecule has 1 aliphatic rings. The molecule has 1 aliphatic heterocycles. The lowest BCUT2D eigenvalue weighted by Crippen LogP contribution is -2.34. The maximum absolute atomic E-state index is 10.3. The lowest BCUT2D eigenvalue weighted by atomic mass is 10.1. The van der Waals surface area contributed by atoms with E-state index >= 15 is 0 Å². The summed E-state index contributed by atoms with van der Waals surface area (Å²) in [5, 5.41) is 10.3. The third kappa shape index (κ3) is 4.40. The van der Waals surface area contributed by atoms with Crippen molar-refractivity contribution < 1.29 is 9.84 Å². The molecule has 4 heteroatoms. The molecule has 2 aromatic rings. The van der Waals surface area contributed by atoms with Crippen molar-refractivity contribution in [3.8, 4) is 5.75 Å². The summed E-state index contributed by atoms with van der Waals surface area (Å²) in [6, 6.07) is 14.5. The molecule has 2 aromatic carbocycles. The highest BCUT2D eigenvalue weighted by Gasteiger charge is 2.20. The minimum Gasteiger partial charge on any atom is -0.491 e. The second-order valence-electron chi connectivity index (χ2n) is 6.11. The van der Waals surface area contributed by atoms with Gasteiger partial charge in [0.2, 0.25) is 0 Å². The second-order valence-corrected chi connectivity index (χ2v) is 6.11. The number of nitrogens with zero attached hydrogens (tertiary/aromatic N) is 1. The highest BCUT2D eigenvalue weighted by atomic mass is 35.5. The first-order chi connectivity index (χ1) is 10.6. The van der Waals surface area contributed by atoms with Gasteiger partial charge in [-0.15, -0.1) is 12.4 Å². The molecule has 0 aliphatic carbocycles. The van der Waals surface area contributed by atoms with Crippen LogP contribution in [0.2, 0.25) is 0 Å². The number of hydrogen-bond acceptors (Lipinski definition) is 3. The second kappa shape index (κ2) is 7.71. The summed E-state index contributed by atoms with van der Waals surface area (Å²) in [4.78, 5) is 2.24. The van der Waals surface area contributed by atoms with Gasteiger partial charge in [0, 0.05) is 18.8 Å². The van der Waals surface area contributed by atoms with E-state index in [0.717, 1.165) is 18.7 Å². The average molecular weight is 334 g/mol. The normalized spacial score (nSPS) is 14.1. The van der Waals surface area contributed by atoms with Gasteiger partial charge < -0.3 is 14.7 Å². The smallest absolute Gasteiger partial charge is 0.119 e. The molecule has 124 valence electrons. The van der Waals surface area contributed by atoms with E-state index in [1.54, 1.807) is 0 Å². The highest BCUT2D eigenvalue weighted by molar-refractivity contribution is 5.85. The molecule has 0 saturated carbocycles. The molecule has 23 heavy (non-hydrogen) atoms. The van der Waals surface area contributed by atoms with E-state index in [4.69, 9.17) is 4.74 Å². The number of fused-ring (bicyclic) bond motifs is 1. The maximum atomic E-state index is 10.3. The van der Waals surface area contributed by atoms with E-state index < -0.39 is 6.10 Å². The SMILES string of the molecule is Cc1cc(C)cc(OCC(O)CN2CCc3ccccc32)c1.Cl. The van der Waals surface area contributed by atoms with Crippen molar-refractivity contribution >= 4 is 18.1 Å². The van der Waals surface area contributed by atoms with Crippen LogP contribution in [0.3, 0.4) is 0 Å². The van der Waals surface area contributed by atoms with Crippen LogP contribution < -0.4 is 9.64 Å². The minimum absolute atomic E-state index is 0. The number of benzene rings is 2. The zero-order valence-electron chi connectivity index (χ0n) is 13.7. The monoisotopic (exact) mass is 333 g/mol. The molecular weight excluding hydrogens is 310 g/mol. The molecule has 1 heterocycles. The number of aliphatic hydroxyl groups excluding tert-OH is 1. The van der Waals surface area contributed by atoms with E-state index in [1.807, 2.05) is 12.1 Å². The summed E-state index contributed by atoms with van der Waals surface area (Å²) >= 11 is 0. The fraction of sp³-hybridized carbons (Fsp3) is 0.368. The third-order valence-electron chi connectivity index (χ3n) is 4.05.